The number of para-hydroxylation sites is 1. The Morgan fingerprint density at radius 2 is 1.75 bits per heavy atom. The minimum atomic E-state index is -0.514. The molecule has 2 aliphatic rings. The molecule has 4 aromatic rings. The maximum absolute atomic E-state index is 13.9. The number of aromatic nitrogens is 3. The second-order valence-electron chi connectivity index (χ2n) is 10.3. The van der Waals surface area contributed by atoms with Crippen molar-refractivity contribution >= 4 is 28.4 Å². The van der Waals surface area contributed by atoms with Crippen LogP contribution in [0.1, 0.15) is 50.1 Å². The van der Waals surface area contributed by atoms with Crippen LogP contribution in [-0.4, -0.2) is 33.7 Å². The van der Waals surface area contributed by atoms with E-state index in [1.807, 2.05) is 24.3 Å². The van der Waals surface area contributed by atoms with Gasteiger partial charge in [-0.1, -0.05) is 25.0 Å². The molecule has 2 aromatic heterocycles. The molecule has 1 aliphatic heterocycles. The summed E-state index contributed by atoms with van der Waals surface area (Å²) in [4.78, 5) is 22.9. The van der Waals surface area contributed by atoms with E-state index in [2.05, 4.69) is 33.0 Å². The Bertz CT molecular complexity index is 1610. The van der Waals surface area contributed by atoms with E-state index in [1.54, 1.807) is 29.0 Å². The molecular formula is C31H31FN6O2. The van der Waals surface area contributed by atoms with Gasteiger partial charge in [0.1, 0.15) is 11.8 Å². The molecule has 0 unspecified atom stereocenters. The van der Waals surface area contributed by atoms with Crippen LogP contribution >= 0.6 is 0 Å². The summed E-state index contributed by atoms with van der Waals surface area (Å²) in [6, 6.07) is 16.3. The van der Waals surface area contributed by atoms with E-state index in [0.29, 0.717) is 23.0 Å². The number of benzene rings is 2. The zero-order chi connectivity index (χ0) is 27.3. The number of rotatable bonds is 6. The maximum Gasteiger partial charge on any atom is 0.268 e. The molecular weight excluding hydrogens is 507 g/mol. The monoisotopic (exact) mass is 538 g/mol. The van der Waals surface area contributed by atoms with Crippen LogP contribution in [0.5, 0.6) is 5.75 Å². The van der Waals surface area contributed by atoms with Crippen LogP contribution in [0.3, 0.4) is 0 Å². The summed E-state index contributed by atoms with van der Waals surface area (Å²) in [5.41, 5.74) is 2.54. The van der Waals surface area contributed by atoms with Crippen molar-refractivity contribution in [2.24, 2.45) is 0 Å². The first-order valence-corrected chi connectivity index (χ1v) is 13.8. The predicted octanol–water partition coefficient (Wildman–Crippen LogP) is 5.34. The van der Waals surface area contributed by atoms with Crippen molar-refractivity contribution in [2.45, 2.75) is 50.6 Å². The quantitative estimate of drug-likeness (QED) is 0.285. The summed E-state index contributed by atoms with van der Waals surface area (Å²) in [5, 5.41) is 11.0. The van der Waals surface area contributed by atoms with E-state index >= 15 is 0 Å². The molecule has 8 nitrogen and oxygen atoms in total. The number of fused-ring (bicyclic) bond motifs is 1. The highest BCUT2D eigenvalue weighted by Gasteiger charge is 2.22. The first-order valence-electron chi connectivity index (χ1n) is 13.8. The summed E-state index contributed by atoms with van der Waals surface area (Å²) < 4.78 is 20.9. The van der Waals surface area contributed by atoms with Crippen LogP contribution in [0, 0.1) is 17.8 Å². The van der Waals surface area contributed by atoms with Gasteiger partial charge in [-0.3, -0.25) is 9.36 Å². The molecule has 0 spiro atoms. The van der Waals surface area contributed by atoms with Gasteiger partial charge in [0.2, 0.25) is 5.95 Å². The molecule has 0 bridgehead atoms. The predicted molar refractivity (Wildman–Crippen MR) is 154 cm³/mol. The molecule has 0 atom stereocenters. The molecule has 1 aliphatic carbocycles. The van der Waals surface area contributed by atoms with Crippen LogP contribution in [0.2, 0.25) is 0 Å². The average Bonchev–Trinajstić information content (AvgIpc) is 3.51. The van der Waals surface area contributed by atoms with E-state index in [0.717, 1.165) is 63.0 Å². The molecule has 204 valence electrons. The molecule has 40 heavy (non-hydrogen) atoms. The van der Waals surface area contributed by atoms with E-state index in [4.69, 9.17) is 9.72 Å². The number of piperidine rings is 1. The van der Waals surface area contributed by atoms with Gasteiger partial charge in [0, 0.05) is 35.0 Å². The molecule has 0 radical (unpaired) electrons. The van der Waals surface area contributed by atoms with Gasteiger partial charge >= 0.3 is 0 Å². The molecule has 0 amide bonds. The molecule has 3 N–H and O–H groups in total. The molecule has 3 heterocycles. The Balaban J connectivity index is 1.26. The van der Waals surface area contributed by atoms with Gasteiger partial charge in [-0.2, -0.15) is 4.98 Å². The van der Waals surface area contributed by atoms with Crippen molar-refractivity contribution in [3.05, 3.63) is 82.5 Å². The van der Waals surface area contributed by atoms with E-state index in [1.165, 1.54) is 12.1 Å². The highest BCUT2D eigenvalue weighted by molar-refractivity contribution is 5.77. The fraction of sp³-hybridized carbons (Fsp3) is 0.323. The number of hydrogen-bond acceptors (Lipinski definition) is 7. The fourth-order valence-corrected chi connectivity index (χ4v) is 5.41. The molecule has 2 aromatic carbocycles. The molecule has 9 heteroatoms. The van der Waals surface area contributed by atoms with Crippen LogP contribution in [0.15, 0.2) is 65.6 Å². The number of halogens is 1. The Morgan fingerprint density at radius 1 is 1.00 bits per heavy atom. The molecule has 6 rings (SSSR count). The maximum atomic E-state index is 13.9. The Morgan fingerprint density at radius 3 is 2.52 bits per heavy atom. The van der Waals surface area contributed by atoms with Crippen molar-refractivity contribution in [2.75, 3.05) is 23.7 Å². The highest BCUT2D eigenvalue weighted by Crippen LogP contribution is 2.31. The summed E-state index contributed by atoms with van der Waals surface area (Å²) in [5.74, 6) is 2.70. The smallest absolute Gasteiger partial charge is 0.268 e. The third-order valence-electron chi connectivity index (χ3n) is 7.50. The Kier molecular flexibility index (Phi) is 7.60. The normalized spacial score (nSPS) is 15.9. The van der Waals surface area contributed by atoms with Gasteiger partial charge in [0.05, 0.1) is 5.56 Å². The first-order chi connectivity index (χ1) is 19.6. The lowest BCUT2D eigenvalue weighted by Crippen LogP contribution is -2.35. The molecule has 2 fully saturated rings. The minimum absolute atomic E-state index is 0.0149. The second kappa shape index (κ2) is 11.8. The number of nitrogens with one attached hydrogen (secondary N) is 3. The van der Waals surface area contributed by atoms with Crippen molar-refractivity contribution in [3.8, 4) is 17.8 Å². The minimum Gasteiger partial charge on any atom is -0.404 e. The third-order valence-corrected chi connectivity index (χ3v) is 7.50. The Labute approximate surface area is 232 Å². The van der Waals surface area contributed by atoms with E-state index < -0.39 is 5.82 Å². The largest absolute Gasteiger partial charge is 0.404 e. The summed E-state index contributed by atoms with van der Waals surface area (Å²) in [6.45, 7) is 2.08. The van der Waals surface area contributed by atoms with Crippen molar-refractivity contribution < 1.29 is 9.13 Å². The number of hydrogen-bond donors (Lipinski definition) is 3. The highest BCUT2D eigenvalue weighted by atomic mass is 19.1. The number of anilines is 3. The number of ether oxygens (including phenoxy) is 1. The summed E-state index contributed by atoms with van der Waals surface area (Å²) in [6.07, 6.45) is 10.3. The number of nitrogens with zero attached hydrogens (tertiary/aromatic N) is 3. The first kappa shape index (κ1) is 25.8. The fourth-order valence-electron chi connectivity index (χ4n) is 5.41. The van der Waals surface area contributed by atoms with Gasteiger partial charge in [0.15, 0.2) is 11.6 Å². The average molecular weight is 539 g/mol. The van der Waals surface area contributed by atoms with E-state index in [9.17, 15) is 9.18 Å². The Hall–Kier alpha value is -4.42. The molecule has 1 saturated carbocycles. The van der Waals surface area contributed by atoms with Crippen molar-refractivity contribution in [1.82, 2.24) is 19.9 Å². The van der Waals surface area contributed by atoms with Gasteiger partial charge in [-0.25, -0.2) is 9.37 Å². The zero-order valence-electron chi connectivity index (χ0n) is 22.1. The summed E-state index contributed by atoms with van der Waals surface area (Å²) >= 11 is 0. The van der Waals surface area contributed by atoms with E-state index in [-0.39, 0.29) is 22.9 Å². The van der Waals surface area contributed by atoms with Gasteiger partial charge in [0.25, 0.3) is 5.56 Å². The third kappa shape index (κ3) is 5.77. The molecule has 1 saturated heterocycles. The SMILES string of the molecule is O=c1c(C#COc2ccccc2F)cc2cnc(Nc3ccc(NC4CCNCC4)cc3)nc2n1C1CCCC1. The van der Waals surface area contributed by atoms with Gasteiger partial charge in [-0.15, -0.1) is 0 Å². The number of pyridine rings is 1. The lowest BCUT2D eigenvalue weighted by molar-refractivity contribution is 0.469. The van der Waals surface area contributed by atoms with Gasteiger partial charge < -0.3 is 20.7 Å². The second-order valence-corrected chi connectivity index (χ2v) is 10.3. The van der Waals surface area contributed by atoms with Crippen LogP contribution in [0.4, 0.5) is 21.7 Å². The lowest BCUT2D eigenvalue weighted by Gasteiger charge is -2.24. The van der Waals surface area contributed by atoms with Crippen molar-refractivity contribution in [1.29, 1.82) is 0 Å². The van der Waals surface area contributed by atoms with Crippen molar-refractivity contribution in [3.63, 3.8) is 0 Å². The standard InChI is InChI=1S/C31H31FN6O2/c32-27-7-3-4-8-28(27)40-18-15-21-19-22-20-34-31(37-29(22)38(30(21)39)26-5-1-2-6-26)36-24-11-9-23(10-12-24)35-25-13-16-33-17-14-25/h3-4,7-12,19-20,25-26,33,35H,1-2,5-6,13-14,16-17H2,(H,34,36,37). The van der Waals surface area contributed by atoms with Gasteiger partial charge in [-0.05, 0) is 87.2 Å². The van der Waals surface area contributed by atoms with Crippen LogP contribution in [0.25, 0.3) is 11.0 Å². The topological polar surface area (TPSA) is 93.1 Å². The zero-order valence-corrected chi connectivity index (χ0v) is 22.1. The van der Waals surface area contributed by atoms with Crippen LogP contribution in [-0.2, 0) is 0 Å². The lowest BCUT2D eigenvalue weighted by atomic mass is 10.1. The van der Waals surface area contributed by atoms with Crippen LogP contribution < -0.4 is 26.2 Å². The summed E-state index contributed by atoms with van der Waals surface area (Å²) in [7, 11) is 0.